The monoisotopic (exact) mass is 291 g/mol. The smallest absolute Gasteiger partial charge is 0.259 e. The Balaban J connectivity index is 2.30. The van der Waals surface area contributed by atoms with Gasteiger partial charge in [0.05, 0.1) is 34.8 Å². The molecule has 1 aromatic carbocycles. The fourth-order valence-corrected chi connectivity index (χ4v) is 1.85. The molecule has 0 atom stereocenters. The minimum atomic E-state index is -0.351. The largest absolute Gasteiger partial charge is 0.491 e. The van der Waals surface area contributed by atoms with Crippen LogP contribution in [0, 0.1) is 0 Å². The van der Waals surface area contributed by atoms with Crippen LogP contribution in [0.3, 0.4) is 0 Å². The molecule has 3 N–H and O–H groups in total. The Bertz CT molecular complexity index is 632. The molecule has 6 heteroatoms. The molecule has 2 rings (SSSR count). The number of rotatable bonds is 4. The maximum absolute atomic E-state index is 12.3. The molecule has 0 aliphatic rings. The predicted molar refractivity (Wildman–Crippen MR) is 79.2 cm³/mol. The van der Waals surface area contributed by atoms with Crippen LogP contribution < -0.4 is 15.8 Å². The van der Waals surface area contributed by atoms with E-state index >= 15 is 0 Å². The minimum absolute atomic E-state index is 0.351. The van der Waals surface area contributed by atoms with E-state index in [1.165, 1.54) is 6.20 Å². The van der Waals surface area contributed by atoms with E-state index < -0.39 is 0 Å². The van der Waals surface area contributed by atoms with Crippen molar-refractivity contribution >= 4 is 28.9 Å². The van der Waals surface area contributed by atoms with Crippen molar-refractivity contribution in [1.82, 2.24) is 4.98 Å². The summed E-state index contributed by atoms with van der Waals surface area (Å²) < 4.78 is 5.42. The van der Waals surface area contributed by atoms with Gasteiger partial charge in [-0.1, -0.05) is 17.7 Å². The van der Waals surface area contributed by atoms with Crippen molar-refractivity contribution in [3.63, 3.8) is 0 Å². The van der Waals surface area contributed by atoms with Crippen LogP contribution in [0.1, 0.15) is 17.3 Å². The van der Waals surface area contributed by atoms with Gasteiger partial charge in [0.15, 0.2) is 5.75 Å². The third-order valence-electron chi connectivity index (χ3n) is 2.59. The number of ether oxygens (including phenoxy) is 1. The highest BCUT2D eigenvalue weighted by atomic mass is 35.5. The van der Waals surface area contributed by atoms with Crippen LogP contribution in [-0.2, 0) is 0 Å². The van der Waals surface area contributed by atoms with E-state index in [9.17, 15) is 4.79 Å². The molecule has 1 heterocycles. The Kier molecular flexibility index (Phi) is 4.42. The number of nitrogens with two attached hydrogens (primary N) is 1. The second kappa shape index (κ2) is 6.25. The minimum Gasteiger partial charge on any atom is -0.491 e. The number of carbonyl (C=O) groups is 1. The summed E-state index contributed by atoms with van der Waals surface area (Å²) in [4.78, 5) is 16.2. The predicted octanol–water partition coefficient (Wildman–Crippen LogP) is 2.97. The number of nitrogens with one attached hydrogen (secondary N) is 1. The molecule has 1 amide bonds. The molecule has 0 spiro atoms. The van der Waals surface area contributed by atoms with Crippen LogP contribution in [0.2, 0.25) is 5.02 Å². The molecule has 1 aromatic heterocycles. The third kappa shape index (κ3) is 3.00. The van der Waals surface area contributed by atoms with E-state index in [0.717, 1.165) is 0 Å². The molecule has 0 bridgehead atoms. The highest BCUT2D eigenvalue weighted by molar-refractivity contribution is 6.33. The maximum Gasteiger partial charge on any atom is 0.259 e. The zero-order valence-corrected chi connectivity index (χ0v) is 11.6. The van der Waals surface area contributed by atoms with Crippen molar-refractivity contribution < 1.29 is 9.53 Å². The Labute approximate surface area is 121 Å². The van der Waals surface area contributed by atoms with E-state index in [2.05, 4.69) is 10.3 Å². The summed E-state index contributed by atoms with van der Waals surface area (Å²) in [5.74, 6) is 0.0168. The Morgan fingerprint density at radius 2 is 2.25 bits per heavy atom. The van der Waals surface area contributed by atoms with Crippen LogP contribution in [0.15, 0.2) is 36.7 Å². The summed E-state index contributed by atoms with van der Waals surface area (Å²) in [5, 5.41) is 3.10. The number of anilines is 2. The number of nitrogens with zero attached hydrogens (tertiary/aromatic N) is 1. The van der Waals surface area contributed by atoms with Crippen LogP contribution >= 0.6 is 11.6 Å². The second-order valence-electron chi connectivity index (χ2n) is 3.97. The van der Waals surface area contributed by atoms with Crippen molar-refractivity contribution in [2.45, 2.75) is 6.92 Å². The molecule has 0 aliphatic heterocycles. The lowest BCUT2D eigenvalue weighted by atomic mass is 10.1. The first-order chi connectivity index (χ1) is 9.63. The number of para-hydroxylation sites is 1. The van der Waals surface area contributed by atoms with Crippen molar-refractivity contribution in [2.24, 2.45) is 0 Å². The summed E-state index contributed by atoms with van der Waals surface area (Å²) in [6.45, 7) is 2.24. The van der Waals surface area contributed by atoms with E-state index in [4.69, 9.17) is 22.1 Å². The number of pyridine rings is 1. The molecule has 0 fully saturated rings. The van der Waals surface area contributed by atoms with Gasteiger partial charge in [0.25, 0.3) is 5.91 Å². The lowest BCUT2D eigenvalue weighted by Gasteiger charge is -2.13. The molecule has 20 heavy (non-hydrogen) atoms. The first-order valence-corrected chi connectivity index (χ1v) is 6.43. The number of aromatic nitrogens is 1. The topological polar surface area (TPSA) is 77.2 Å². The summed E-state index contributed by atoms with van der Waals surface area (Å²) in [5.41, 5.74) is 7.03. The first-order valence-electron chi connectivity index (χ1n) is 6.05. The van der Waals surface area contributed by atoms with Crippen LogP contribution in [-0.4, -0.2) is 17.5 Å². The van der Waals surface area contributed by atoms with Gasteiger partial charge in [-0.2, -0.15) is 0 Å². The Hall–Kier alpha value is -2.27. The van der Waals surface area contributed by atoms with E-state index in [1.807, 2.05) is 6.92 Å². The standard InChI is InChI=1S/C14H14ClN3O2/c1-2-20-13-9(4-3-5-11(13)16)14(19)18-12-8-17-7-6-10(12)15/h3-8H,2,16H2,1H3,(H,18,19). The number of amides is 1. The molecular formula is C14H14ClN3O2. The lowest BCUT2D eigenvalue weighted by Crippen LogP contribution is -2.15. The van der Waals surface area contributed by atoms with Crippen molar-refractivity contribution in [2.75, 3.05) is 17.7 Å². The lowest BCUT2D eigenvalue weighted by molar-refractivity contribution is 0.102. The molecule has 0 saturated carbocycles. The Morgan fingerprint density at radius 3 is 2.95 bits per heavy atom. The number of halogens is 1. The SMILES string of the molecule is CCOc1c(N)cccc1C(=O)Nc1cnccc1Cl. The van der Waals surface area contributed by atoms with Gasteiger partial charge >= 0.3 is 0 Å². The highest BCUT2D eigenvalue weighted by Gasteiger charge is 2.16. The fourth-order valence-electron chi connectivity index (χ4n) is 1.70. The molecule has 104 valence electrons. The van der Waals surface area contributed by atoms with Crippen molar-refractivity contribution in [3.05, 3.63) is 47.2 Å². The highest BCUT2D eigenvalue weighted by Crippen LogP contribution is 2.28. The number of carbonyl (C=O) groups excluding carboxylic acids is 1. The molecule has 0 saturated heterocycles. The average Bonchev–Trinajstić information content (AvgIpc) is 2.43. The van der Waals surface area contributed by atoms with Crippen LogP contribution in [0.5, 0.6) is 5.75 Å². The van der Waals surface area contributed by atoms with Gasteiger partial charge < -0.3 is 15.8 Å². The zero-order valence-electron chi connectivity index (χ0n) is 10.9. The molecule has 0 unspecified atom stereocenters. The van der Waals surface area contributed by atoms with Crippen molar-refractivity contribution in [1.29, 1.82) is 0 Å². The quantitative estimate of drug-likeness (QED) is 0.849. The van der Waals surface area contributed by atoms with Crippen LogP contribution in [0.25, 0.3) is 0 Å². The van der Waals surface area contributed by atoms with E-state index in [1.54, 1.807) is 30.5 Å². The molecule has 5 nitrogen and oxygen atoms in total. The average molecular weight is 292 g/mol. The van der Waals surface area contributed by atoms with Gasteiger partial charge in [-0.25, -0.2) is 0 Å². The van der Waals surface area contributed by atoms with Gasteiger partial charge in [-0.3, -0.25) is 9.78 Å². The van der Waals surface area contributed by atoms with Gasteiger partial charge in [-0.05, 0) is 25.1 Å². The first kappa shape index (κ1) is 14.1. The van der Waals surface area contributed by atoms with Crippen molar-refractivity contribution in [3.8, 4) is 5.75 Å². The van der Waals surface area contributed by atoms with Gasteiger partial charge in [0.1, 0.15) is 0 Å². The molecular weight excluding hydrogens is 278 g/mol. The third-order valence-corrected chi connectivity index (χ3v) is 2.92. The van der Waals surface area contributed by atoms with Gasteiger partial charge in [0, 0.05) is 6.20 Å². The molecule has 2 aromatic rings. The summed E-state index contributed by atoms with van der Waals surface area (Å²) in [6.07, 6.45) is 3.02. The van der Waals surface area contributed by atoms with Crippen LogP contribution in [0.4, 0.5) is 11.4 Å². The molecule has 0 radical (unpaired) electrons. The van der Waals surface area contributed by atoms with E-state index in [-0.39, 0.29) is 5.91 Å². The summed E-state index contributed by atoms with van der Waals surface area (Å²) in [7, 11) is 0. The summed E-state index contributed by atoms with van der Waals surface area (Å²) >= 11 is 5.98. The normalized spacial score (nSPS) is 10.1. The van der Waals surface area contributed by atoms with E-state index in [0.29, 0.717) is 34.3 Å². The van der Waals surface area contributed by atoms with Gasteiger partial charge in [0.2, 0.25) is 0 Å². The number of hydrogen-bond acceptors (Lipinski definition) is 4. The zero-order chi connectivity index (χ0) is 14.5. The maximum atomic E-state index is 12.3. The second-order valence-corrected chi connectivity index (χ2v) is 4.37. The van der Waals surface area contributed by atoms with Gasteiger partial charge in [-0.15, -0.1) is 0 Å². The number of hydrogen-bond donors (Lipinski definition) is 2. The fraction of sp³-hybridized carbons (Fsp3) is 0.143. The number of nitrogen functional groups attached to an aromatic ring is 1. The number of benzene rings is 1. The Morgan fingerprint density at radius 1 is 1.45 bits per heavy atom. The molecule has 0 aliphatic carbocycles. The summed E-state index contributed by atoms with van der Waals surface area (Å²) in [6, 6.07) is 6.61.